The average Bonchev–Trinajstić information content (AvgIpc) is 2.84. The van der Waals surface area contributed by atoms with Crippen LogP contribution in [-0.2, 0) is 11.2 Å². The molecule has 3 nitrogen and oxygen atoms in total. The molecule has 0 N–H and O–H groups in total. The zero-order valence-electron chi connectivity index (χ0n) is 18.3. The second-order valence-corrected chi connectivity index (χ2v) is 8.44. The van der Waals surface area contributed by atoms with Crippen LogP contribution < -0.4 is 0 Å². The molecule has 0 atom stereocenters. The van der Waals surface area contributed by atoms with Crippen LogP contribution in [0, 0.1) is 0 Å². The minimum Gasteiger partial charge on any atom is -0.378 e. The van der Waals surface area contributed by atoms with Crippen molar-refractivity contribution in [2.24, 2.45) is 0 Å². The Hall–Kier alpha value is -3.08. The smallest absolute Gasteiger partial charge is 0.159 e. The molecule has 1 heterocycles. The first kappa shape index (κ1) is 22.1. The van der Waals surface area contributed by atoms with Crippen LogP contribution >= 0.6 is 12.2 Å². The lowest BCUT2D eigenvalue weighted by atomic mass is 10.0. The molecule has 0 unspecified atom stereocenters. The summed E-state index contributed by atoms with van der Waals surface area (Å²) in [7, 11) is 0. The molecular formula is C28H27NO2S. The van der Waals surface area contributed by atoms with Gasteiger partial charge in [0.1, 0.15) is 0 Å². The third kappa shape index (κ3) is 5.58. The lowest BCUT2D eigenvalue weighted by Crippen LogP contribution is -2.40. The van der Waals surface area contributed by atoms with E-state index in [1.165, 1.54) is 21.7 Å². The van der Waals surface area contributed by atoms with Crippen molar-refractivity contribution in [2.45, 2.75) is 13.3 Å². The predicted molar refractivity (Wildman–Crippen MR) is 137 cm³/mol. The number of benzene rings is 4. The number of thiocarbonyl (C=S) groups is 1. The second-order valence-electron chi connectivity index (χ2n) is 7.97. The Morgan fingerprint density at radius 2 is 1.38 bits per heavy atom. The Balaban J connectivity index is 0.000000165. The molecule has 32 heavy (non-hydrogen) atoms. The zero-order valence-corrected chi connectivity index (χ0v) is 19.1. The summed E-state index contributed by atoms with van der Waals surface area (Å²) in [4.78, 5) is 14.4. The fourth-order valence-electron chi connectivity index (χ4n) is 3.86. The van der Waals surface area contributed by atoms with Gasteiger partial charge in [-0.1, -0.05) is 91.1 Å². The molecule has 0 saturated carbocycles. The number of morpholine rings is 1. The van der Waals surface area contributed by atoms with Crippen molar-refractivity contribution in [2.75, 3.05) is 26.3 Å². The highest BCUT2D eigenvalue weighted by Crippen LogP contribution is 2.17. The van der Waals surface area contributed by atoms with Gasteiger partial charge in [-0.25, -0.2) is 0 Å². The molecule has 0 aromatic heterocycles. The van der Waals surface area contributed by atoms with Crippen molar-refractivity contribution in [1.29, 1.82) is 0 Å². The molecule has 162 valence electrons. The van der Waals surface area contributed by atoms with Crippen molar-refractivity contribution in [3.63, 3.8) is 0 Å². The van der Waals surface area contributed by atoms with E-state index in [-0.39, 0.29) is 5.78 Å². The van der Waals surface area contributed by atoms with Gasteiger partial charge in [0.05, 0.1) is 18.2 Å². The van der Waals surface area contributed by atoms with Gasteiger partial charge in [-0.3, -0.25) is 4.79 Å². The highest BCUT2D eigenvalue weighted by molar-refractivity contribution is 7.80. The van der Waals surface area contributed by atoms with Crippen molar-refractivity contribution in [3.8, 4) is 0 Å². The molecule has 1 aliphatic heterocycles. The maximum Gasteiger partial charge on any atom is 0.159 e. The van der Waals surface area contributed by atoms with E-state index in [0.717, 1.165) is 48.7 Å². The lowest BCUT2D eigenvalue weighted by Gasteiger charge is -2.29. The number of rotatable bonds is 3. The first-order chi connectivity index (χ1) is 15.6. The summed E-state index contributed by atoms with van der Waals surface area (Å²) in [5, 5.41) is 4.86. The molecule has 1 saturated heterocycles. The number of fused-ring (bicyclic) bond motifs is 2. The summed E-state index contributed by atoms with van der Waals surface area (Å²) in [6.45, 7) is 5.01. The minimum absolute atomic E-state index is 0.116. The number of carbonyl (C=O) groups is 1. The van der Waals surface area contributed by atoms with Crippen molar-refractivity contribution in [3.05, 3.63) is 96.1 Å². The van der Waals surface area contributed by atoms with Gasteiger partial charge in [0.2, 0.25) is 0 Å². The summed E-state index contributed by atoms with van der Waals surface area (Å²) < 4.78 is 5.36. The Bertz CT molecular complexity index is 1240. The Morgan fingerprint density at radius 1 is 0.812 bits per heavy atom. The summed E-state index contributed by atoms with van der Waals surface area (Å²) in [6.07, 6.45) is 0.847. The number of ether oxygens (including phenoxy) is 1. The van der Waals surface area contributed by atoms with E-state index < -0.39 is 0 Å². The third-order valence-electron chi connectivity index (χ3n) is 5.69. The molecule has 4 aromatic rings. The summed E-state index contributed by atoms with van der Waals surface area (Å²) >= 11 is 5.55. The third-order valence-corrected chi connectivity index (χ3v) is 6.09. The molecule has 0 amide bonds. The average molecular weight is 442 g/mol. The fraction of sp³-hybridized carbons (Fsp3) is 0.214. The first-order valence-corrected chi connectivity index (χ1v) is 11.3. The first-order valence-electron chi connectivity index (χ1n) is 10.9. The Morgan fingerprint density at radius 3 is 2.00 bits per heavy atom. The van der Waals surface area contributed by atoms with Crippen molar-refractivity contribution in [1.82, 2.24) is 4.90 Å². The van der Waals surface area contributed by atoms with Crippen LogP contribution in [0.25, 0.3) is 21.5 Å². The molecule has 4 heteroatoms. The van der Waals surface area contributed by atoms with Gasteiger partial charge in [0.25, 0.3) is 0 Å². The number of Topliss-reactive ketones (excluding diaryl/α,β-unsaturated/α-hetero) is 1. The van der Waals surface area contributed by atoms with Gasteiger partial charge in [0.15, 0.2) is 5.78 Å². The summed E-state index contributed by atoms with van der Waals surface area (Å²) in [5.41, 5.74) is 2.06. The SMILES string of the molecule is CC(=O)c1ccc2ccccc2c1.S=C(Cc1ccc2ccccc2c1)N1CCOCC1. The van der Waals surface area contributed by atoms with Crippen LogP contribution in [0.2, 0.25) is 0 Å². The maximum atomic E-state index is 11.1. The quantitative estimate of drug-likeness (QED) is 0.284. The molecule has 0 spiro atoms. The standard InChI is InChI=1S/C16H17NOS.C12H10O/c19-16(17-7-9-18-10-8-17)12-13-5-6-14-3-1-2-4-15(14)11-13;1-9(13)11-7-6-10-4-2-3-5-12(10)8-11/h1-6,11H,7-10,12H2;2-8H,1H3. The second kappa shape index (κ2) is 10.5. The molecule has 4 aromatic carbocycles. The van der Waals surface area contributed by atoms with Gasteiger partial charge in [-0.05, 0) is 40.1 Å². The summed E-state index contributed by atoms with van der Waals surface area (Å²) in [6, 6.07) is 28.8. The predicted octanol–water partition coefficient (Wildman–Crippen LogP) is 6.08. The maximum absolute atomic E-state index is 11.1. The van der Waals surface area contributed by atoms with E-state index in [1.807, 2.05) is 42.5 Å². The normalized spacial score (nSPS) is 13.5. The number of hydrogen-bond donors (Lipinski definition) is 0. The van der Waals surface area contributed by atoms with Gasteiger partial charge >= 0.3 is 0 Å². The van der Waals surface area contributed by atoms with E-state index in [4.69, 9.17) is 17.0 Å². The van der Waals surface area contributed by atoms with Crippen LogP contribution in [-0.4, -0.2) is 42.0 Å². The fourth-order valence-corrected chi connectivity index (χ4v) is 4.21. The van der Waals surface area contributed by atoms with Crippen LogP contribution in [0.15, 0.2) is 84.9 Å². The molecule has 5 rings (SSSR count). The monoisotopic (exact) mass is 441 g/mol. The molecule has 0 radical (unpaired) electrons. The van der Waals surface area contributed by atoms with E-state index in [2.05, 4.69) is 47.4 Å². The van der Waals surface area contributed by atoms with Crippen LogP contribution in [0.4, 0.5) is 0 Å². The number of carbonyl (C=O) groups excluding carboxylic acids is 1. The summed E-state index contributed by atoms with van der Waals surface area (Å²) in [5.74, 6) is 0.116. The van der Waals surface area contributed by atoms with Crippen LogP contribution in [0.3, 0.4) is 0 Å². The van der Waals surface area contributed by atoms with Crippen LogP contribution in [0.5, 0.6) is 0 Å². The lowest BCUT2D eigenvalue weighted by molar-refractivity contribution is 0.0684. The van der Waals surface area contributed by atoms with Gasteiger partial charge in [-0.15, -0.1) is 0 Å². The molecule has 0 aliphatic carbocycles. The minimum atomic E-state index is 0.116. The van der Waals surface area contributed by atoms with E-state index in [1.54, 1.807) is 6.92 Å². The highest BCUT2D eigenvalue weighted by Gasteiger charge is 2.13. The van der Waals surface area contributed by atoms with E-state index in [9.17, 15) is 4.79 Å². The van der Waals surface area contributed by atoms with Crippen molar-refractivity contribution >= 4 is 44.5 Å². The zero-order chi connectivity index (χ0) is 22.3. The molecule has 1 fully saturated rings. The number of hydrogen-bond acceptors (Lipinski definition) is 3. The van der Waals surface area contributed by atoms with Crippen LogP contribution in [0.1, 0.15) is 22.8 Å². The Kier molecular flexibility index (Phi) is 7.25. The molecular weight excluding hydrogens is 414 g/mol. The molecule has 0 bridgehead atoms. The Labute approximate surface area is 194 Å². The highest BCUT2D eigenvalue weighted by atomic mass is 32.1. The van der Waals surface area contributed by atoms with Gasteiger partial charge in [-0.2, -0.15) is 0 Å². The number of ketones is 1. The largest absolute Gasteiger partial charge is 0.378 e. The van der Waals surface area contributed by atoms with Gasteiger partial charge < -0.3 is 9.64 Å². The molecule has 1 aliphatic rings. The number of nitrogens with zero attached hydrogens (tertiary/aromatic N) is 1. The van der Waals surface area contributed by atoms with E-state index in [0.29, 0.717) is 0 Å². The van der Waals surface area contributed by atoms with E-state index >= 15 is 0 Å². The van der Waals surface area contributed by atoms with Crippen molar-refractivity contribution < 1.29 is 9.53 Å². The topological polar surface area (TPSA) is 29.5 Å². The van der Waals surface area contributed by atoms with Gasteiger partial charge in [0, 0.05) is 25.1 Å².